The van der Waals surface area contributed by atoms with Crippen molar-refractivity contribution in [2.45, 2.75) is 40.7 Å². The molecule has 1 aromatic heterocycles. The van der Waals surface area contributed by atoms with Crippen LogP contribution in [0, 0.1) is 13.8 Å². The van der Waals surface area contributed by atoms with E-state index >= 15 is 0 Å². The van der Waals surface area contributed by atoms with Gasteiger partial charge in [0.25, 0.3) is 5.91 Å². The van der Waals surface area contributed by atoms with Crippen molar-refractivity contribution >= 4 is 23.8 Å². The minimum absolute atomic E-state index is 0.0367. The fraction of sp³-hybridized carbons (Fsp3) is 0.529. The van der Waals surface area contributed by atoms with Crippen molar-refractivity contribution in [3.8, 4) is 0 Å². The number of H-pyrrole nitrogens is 1. The van der Waals surface area contributed by atoms with Crippen molar-refractivity contribution in [2.24, 2.45) is 0 Å². The molecule has 3 N–H and O–H groups in total. The van der Waals surface area contributed by atoms with E-state index in [1.807, 2.05) is 0 Å². The Morgan fingerprint density at radius 3 is 2.27 bits per heavy atom. The van der Waals surface area contributed by atoms with Gasteiger partial charge in [-0.3, -0.25) is 9.59 Å². The third kappa shape index (κ3) is 5.91. The average molecular weight is 367 g/mol. The molecule has 0 fully saturated rings. The highest BCUT2D eigenvalue weighted by atomic mass is 16.5. The van der Waals surface area contributed by atoms with Gasteiger partial charge in [-0.1, -0.05) is 0 Å². The number of aromatic nitrogens is 1. The molecule has 1 heterocycles. The summed E-state index contributed by atoms with van der Waals surface area (Å²) in [5, 5.41) is 4.97. The quantitative estimate of drug-likeness (QED) is 0.578. The molecular formula is C17H25N3O6. The largest absolute Gasteiger partial charge is 0.461 e. The highest BCUT2D eigenvalue weighted by molar-refractivity contribution is 5.99. The van der Waals surface area contributed by atoms with E-state index in [1.54, 1.807) is 34.6 Å². The van der Waals surface area contributed by atoms with Gasteiger partial charge in [0.05, 0.1) is 18.7 Å². The van der Waals surface area contributed by atoms with Crippen molar-refractivity contribution in [2.75, 3.05) is 19.8 Å². The van der Waals surface area contributed by atoms with Gasteiger partial charge in [0, 0.05) is 11.7 Å². The van der Waals surface area contributed by atoms with Gasteiger partial charge in [-0.05, 0) is 40.2 Å². The summed E-state index contributed by atoms with van der Waals surface area (Å²) in [4.78, 5) is 50.0. The Bertz CT molecular complexity index is 693. The molecular weight excluding hydrogens is 342 g/mol. The van der Waals surface area contributed by atoms with Crippen molar-refractivity contribution in [3.05, 3.63) is 22.5 Å². The first-order chi connectivity index (χ1) is 12.2. The van der Waals surface area contributed by atoms with Gasteiger partial charge in [-0.2, -0.15) is 0 Å². The van der Waals surface area contributed by atoms with Gasteiger partial charge < -0.3 is 25.1 Å². The lowest BCUT2D eigenvalue weighted by atomic mass is 10.1. The fourth-order valence-corrected chi connectivity index (χ4v) is 2.27. The molecule has 0 aliphatic rings. The van der Waals surface area contributed by atoms with Crippen LogP contribution in [0.25, 0.3) is 0 Å². The van der Waals surface area contributed by atoms with Crippen LogP contribution in [0.2, 0.25) is 0 Å². The molecule has 0 aliphatic carbocycles. The first-order valence-corrected chi connectivity index (χ1v) is 8.26. The molecule has 0 atom stereocenters. The molecule has 1 aromatic rings. The number of hydrogen-bond acceptors (Lipinski definition) is 6. The normalized spacial score (nSPS) is 10.4. The maximum atomic E-state index is 12.2. The highest BCUT2D eigenvalue weighted by Gasteiger charge is 2.24. The number of hydrogen-bond donors (Lipinski definition) is 3. The van der Waals surface area contributed by atoms with Gasteiger partial charge in [0.15, 0.2) is 6.61 Å². The van der Waals surface area contributed by atoms with Crippen molar-refractivity contribution in [1.82, 2.24) is 15.6 Å². The van der Waals surface area contributed by atoms with Gasteiger partial charge in [0.1, 0.15) is 5.69 Å². The minimum atomic E-state index is -0.742. The summed E-state index contributed by atoms with van der Waals surface area (Å²) in [7, 11) is 0. The zero-order chi connectivity index (χ0) is 19.9. The summed E-state index contributed by atoms with van der Waals surface area (Å²) in [6.07, 6.45) is 0. The van der Waals surface area contributed by atoms with Crippen LogP contribution in [0.5, 0.6) is 0 Å². The molecule has 2 amide bonds. The molecule has 1 rings (SSSR count). The number of carbonyl (C=O) groups excluding carboxylic acids is 4. The predicted molar refractivity (Wildman–Crippen MR) is 92.8 cm³/mol. The maximum Gasteiger partial charge on any atom is 0.355 e. The fourth-order valence-electron chi connectivity index (χ4n) is 2.27. The summed E-state index contributed by atoms with van der Waals surface area (Å²) in [5.41, 5.74) is 1.18. The summed E-state index contributed by atoms with van der Waals surface area (Å²) in [5.74, 6) is -2.25. The molecule has 9 nitrogen and oxygen atoms in total. The lowest BCUT2D eigenvalue weighted by Gasteiger charge is -2.09. The van der Waals surface area contributed by atoms with Crippen LogP contribution in [0.4, 0.5) is 0 Å². The molecule has 0 unspecified atom stereocenters. The van der Waals surface area contributed by atoms with Crippen LogP contribution in [-0.4, -0.2) is 54.5 Å². The maximum absolute atomic E-state index is 12.2. The Hall–Kier alpha value is -2.84. The second-order valence-electron chi connectivity index (χ2n) is 5.92. The first kappa shape index (κ1) is 21.2. The number of aromatic amines is 1. The van der Waals surface area contributed by atoms with Crippen LogP contribution < -0.4 is 10.6 Å². The van der Waals surface area contributed by atoms with Crippen molar-refractivity contribution in [1.29, 1.82) is 0 Å². The SMILES string of the molecule is CCOC(=O)c1[nH]c(C)c(C(=O)OCC(=O)NCC(=O)NC(C)C)c1C. The van der Waals surface area contributed by atoms with E-state index in [9.17, 15) is 19.2 Å². The number of aryl methyl sites for hydroxylation is 1. The Morgan fingerprint density at radius 1 is 1.04 bits per heavy atom. The topological polar surface area (TPSA) is 127 Å². The molecule has 0 saturated carbocycles. The molecule has 144 valence electrons. The van der Waals surface area contributed by atoms with Crippen LogP contribution in [0.3, 0.4) is 0 Å². The van der Waals surface area contributed by atoms with Gasteiger partial charge in [-0.15, -0.1) is 0 Å². The molecule has 0 saturated heterocycles. The molecule has 0 aliphatic heterocycles. The Labute approximate surface area is 151 Å². The second-order valence-corrected chi connectivity index (χ2v) is 5.92. The zero-order valence-electron chi connectivity index (χ0n) is 15.6. The first-order valence-electron chi connectivity index (χ1n) is 8.26. The Morgan fingerprint density at radius 2 is 1.69 bits per heavy atom. The Kier molecular flexibility index (Phi) is 7.82. The third-order valence-corrected chi connectivity index (χ3v) is 3.35. The molecule has 9 heteroatoms. The number of ether oxygens (including phenoxy) is 2. The van der Waals surface area contributed by atoms with E-state index < -0.39 is 24.5 Å². The lowest BCUT2D eigenvalue weighted by Crippen LogP contribution is -2.41. The second kappa shape index (κ2) is 9.59. The highest BCUT2D eigenvalue weighted by Crippen LogP contribution is 2.19. The number of rotatable bonds is 8. The minimum Gasteiger partial charge on any atom is -0.461 e. The van der Waals surface area contributed by atoms with Crippen molar-refractivity contribution < 1.29 is 28.7 Å². The molecule has 0 spiro atoms. The van der Waals surface area contributed by atoms with Gasteiger partial charge in [-0.25, -0.2) is 9.59 Å². The van der Waals surface area contributed by atoms with Crippen LogP contribution in [0.15, 0.2) is 0 Å². The van der Waals surface area contributed by atoms with E-state index in [4.69, 9.17) is 9.47 Å². The smallest absolute Gasteiger partial charge is 0.355 e. The number of carbonyl (C=O) groups is 4. The van der Waals surface area contributed by atoms with E-state index in [2.05, 4.69) is 15.6 Å². The van der Waals surface area contributed by atoms with Crippen LogP contribution in [-0.2, 0) is 19.1 Å². The van der Waals surface area contributed by atoms with Crippen LogP contribution >= 0.6 is 0 Å². The van der Waals surface area contributed by atoms with E-state index in [1.165, 1.54) is 0 Å². The monoisotopic (exact) mass is 367 g/mol. The summed E-state index contributed by atoms with van der Waals surface area (Å²) >= 11 is 0. The molecule has 0 radical (unpaired) electrons. The zero-order valence-corrected chi connectivity index (χ0v) is 15.6. The lowest BCUT2D eigenvalue weighted by molar-refractivity contribution is -0.128. The van der Waals surface area contributed by atoms with E-state index in [0.29, 0.717) is 11.3 Å². The van der Waals surface area contributed by atoms with Gasteiger partial charge in [0.2, 0.25) is 5.91 Å². The summed E-state index contributed by atoms with van der Waals surface area (Å²) < 4.78 is 9.88. The number of esters is 2. The molecule has 26 heavy (non-hydrogen) atoms. The molecule has 0 bridgehead atoms. The Balaban J connectivity index is 2.62. The number of amides is 2. The molecule has 0 aromatic carbocycles. The van der Waals surface area contributed by atoms with E-state index in [-0.39, 0.29) is 36.4 Å². The van der Waals surface area contributed by atoms with Crippen molar-refractivity contribution in [3.63, 3.8) is 0 Å². The predicted octanol–water partition coefficient (Wildman–Crippen LogP) is 0.606. The summed E-state index contributed by atoms with van der Waals surface area (Å²) in [6.45, 7) is 7.95. The van der Waals surface area contributed by atoms with Crippen LogP contribution in [0.1, 0.15) is 52.9 Å². The number of nitrogens with one attached hydrogen (secondary N) is 3. The summed E-state index contributed by atoms with van der Waals surface area (Å²) in [6, 6.07) is -0.0367. The average Bonchev–Trinajstić information content (AvgIpc) is 2.85. The van der Waals surface area contributed by atoms with E-state index in [0.717, 1.165) is 0 Å². The standard InChI is InChI=1S/C17H25N3O6/c1-6-25-17(24)15-10(4)14(11(5)20-15)16(23)26-8-13(22)18-7-12(21)19-9(2)3/h9,20H,6-8H2,1-5H3,(H,18,22)(H,19,21). The van der Waals surface area contributed by atoms with Gasteiger partial charge >= 0.3 is 11.9 Å². The third-order valence-electron chi connectivity index (χ3n) is 3.35.